The van der Waals surface area contributed by atoms with Gasteiger partial charge in [-0.3, -0.25) is 0 Å². The Labute approximate surface area is 114 Å². The minimum absolute atomic E-state index is 0.218. The number of hydrogen-bond donors (Lipinski definition) is 1. The molecule has 108 valence electrons. The maximum absolute atomic E-state index is 12.2. The molecule has 0 fully saturated rings. The Bertz CT molecular complexity index is 482. The predicted octanol–water partition coefficient (Wildman–Crippen LogP) is 1.40. The molecule has 0 saturated carbocycles. The Morgan fingerprint density at radius 3 is 2.37 bits per heavy atom. The minimum Gasteiger partial charge on any atom is -0.389 e. The van der Waals surface area contributed by atoms with Crippen molar-refractivity contribution in [1.29, 1.82) is 0 Å². The third kappa shape index (κ3) is 4.28. The van der Waals surface area contributed by atoms with E-state index in [-0.39, 0.29) is 4.90 Å². The van der Waals surface area contributed by atoms with Crippen molar-refractivity contribution < 1.29 is 18.3 Å². The second-order valence-corrected chi connectivity index (χ2v) is 6.31. The summed E-state index contributed by atoms with van der Waals surface area (Å²) in [7, 11) is -1.97. The lowest BCUT2D eigenvalue weighted by molar-refractivity contribution is 0.138. The highest BCUT2D eigenvalue weighted by Gasteiger charge is 2.20. The van der Waals surface area contributed by atoms with Gasteiger partial charge in [-0.05, 0) is 31.5 Å². The molecule has 5 nitrogen and oxygen atoms in total. The second kappa shape index (κ2) is 7.00. The second-order valence-electron chi connectivity index (χ2n) is 4.27. The largest absolute Gasteiger partial charge is 0.389 e. The molecule has 0 aliphatic carbocycles. The molecule has 0 spiro atoms. The van der Waals surface area contributed by atoms with Crippen molar-refractivity contribution >= 4 is 10.0 Å². The van der Waals surface area contributed by atoms with Crippen LogP contribution < -0.4 is 0 Å². The van der Waals surface area contributed by atoms with Crippen molar-refractivity contribution in [2.24, 2.45) is 0 Å². The molecule has 0 saturated heterocycles. The van der Waals surface area contributed by atoms with Crippen LogP contribution in [0.1, 0.15) is 25.5 Å². The summed E-state index contributed by atoms with van der Waals surface area (Å²) in [6.45, 7) is 4.75. The molecule has 0 heterocycles. The highest BCUT2D eigenvalue weighted by molar-refractivity contribution is 7.89. The average Bonchev–Trinajstić information content (AvgIpc) is 2.39. The van der Waals surface area contributed by atoms with E-state index in [9.17, 15) is 13.5 Å². The first kappa shape index (κ1) is 16.1. The molecule has 0 aromatic heterocycles. The smallest absolute Gasteiger partial charge is 0.242 e. The summed E-state index contributed by atoms with van der Waals surface area (Å²) in [5.41, 5.74) is 0.691. The van der Waals surface area contributed by atoms with Crippen molar-refractivity contribution in [3.8, 4) is 0 Å². The summed E-state index contributed by atoms with van der Waals surface area (Å²) in [5.74, 6) is 0. The number of sulfonamides is 1. The van der Waals surface area contributed by atoms with Gasteiger partial charge in [-0.25, -0.2) is 8.42 Å². The van der Waals surface area contributed by atoms with Gasteiger partial charge in [0.05, 0.1) is 17.6 Å². The number of aliphatic hydroxyl groups excluding tert-OH is 1. The normalized spacial score (nSPS) is 13.7. The summed E-state index contributed by atoms with van der Waals surface area (Å²) in [6, 6.07) is 6.25. The van der Waals surface area contributed by atoms with Crippen LogP contribution in [0.3, 0.4) is 0 Å². The highest BCUT2D eigenvalue weighted by Crippen LogP contribution is 2.18. The number of benzene rings is 1. The summed E-state index contributed by atoms with van der Waals surface area (Å²) >= 11 is 0. The van der Waals surface area contributed by atoms with E-state index >= 15 is 0 Å². The Kier molecular flexibility index (Phi) is 5.93. The van der Waals surface area contributed by atoms with Gasteiger partial charge in [-0.2, -0.15) is 4.31 Å². The molecule has 0 amide bonds. The van der Waals surface area contributed by atoms with E-state index in [4.69, 9.17) is 4.74 Å². The van der Waals surface area contributed by atoms with Crippen LogP contribution in [0.15, 0.2) is 29.2 Å². The Morgan fingerprint density at radius 2 is 1.89 bits per heavy atom. The molecule has 0 radical (unpaired) electrons. The van der Waals surface area contributed by atoms with Crippen LogP contribution in [0, 0.1) is 0 Å². The predicted molar refractivity (Wildman–Crippen MR) is 73.4 cm³/mol. The molecule has 0 aliphatic rings. The molecule has 1 unspecified atom stereocenters. The van der Waals surface area contributed by atoms with Gasteiger partial charge in [-0.15, -0.1) is 0 Å². The zero-order valence-corrected chi connectivity index (χ0v) is 12.4. The average molecular weight is 287 g/mol. The van der Waals surface area contributed by atoms with Crippen molar-refractivity contribution in [3.05, 3.63) is 29.8 Å². The third-order valence-corrected chi connectivity index (χ3v) is 4.70. The van der Waals surface area contributed by atoms with Gasteiger partial charge in [0, 0.05) is 20.2 Å². The van der Waals surface area contributed by atoms with Crippen molar-refractivity contribution in [1.82, 2.24) is 4.31 Å². The number of likely N-dealkylation sites (N-methyl/N-ethyl adjacent to an activating group) is 1. The fourth-order valence-corrected chi connectivity index (χ4v) is 2.71. The molecule has 6 heteroatoms. The molecule has 0 aliphatic heterocycles. The first-order chi connectivity index (χ1) is 8.89. The summed E-state index contributed by atoms with van der Waals surface area (Å²) in [4.78, 5) is 0.218. The molecular formula is C13H21NO4S. The van der Waals surface area contributed by atoms with E-state index in [2.05, 4.69) is 0 Å². The van der Waals surface area contributed by atoms with Crippen molar-refractivity contribution in [3.63, 3.8) is 0 Å². The Balaban J connectivity index is 2.81. The van der Waals surface area contributed by atoms with Gasteiger partial charge < -0.3 is 9.84 Å². The van der Waals surface area contributed by atoms with Crippen LogP contribution in [0.2, 0.25) is 0 Å². The standard InChI is InChI=1S/C13H21NO4S/c1-4-18-10-9-14(3)19(16,17)13-7-5-12(6-8-13)11(2)15/h5-8,11,15H,4,9-10H2,1-3H3. The summed E-state index contributed by atoms with van der Waals surface area (Å²) < 4.78 is 30.8. The van der Waals surface area contributed by atoms with E-state index in [1.807, 2.05) is 6.92 Å². The Hall–Kier alpha value is -0.950. The lowest BCUT2D eigenvalue weighted by Crippen LogP contribution is -2.30. The van der Waals surface area contributed by atoms with Gasteiger partial charge in [0.25, 0.3) is 0 Å². The van der Waals surface area contributed by atoms with Crippen LogP contribution in [-0.2, 0) is 14.8 Å². The fraction of sp³-hybridized carbons (Fsp3) is 0.538. The molecule has 19 heavy (non-hydrogen) atoms. The number of hydrogen-bond acceptors (Lipinski definition) is 4. The number of nitrogens with zero attached hydrogens (tertiary/aromatic N) is 1. The van der Waals surface area contributed by atoms with Crippen LogP contribution in [0.4, 0.5) is 0 Å². The molecule has 0 bridgehead atoms. The summed E-state index contributed by atoms with van der Waals surface area (Å²) in [6.07, 6.45) is -0.604. The van der Waals surface area contributed by atoms with Gasteiger partial charge in [0.15, 0.2) is 0 Å². The molecule has 1 N–H and O–H groups in total. The SMILES string of the molecule is CCOCCN(C)S(=O)(=O)c1ccc(C(C)O)cc1. The third-order valence-electron chi connectivity index (χ3n) is 2.83. The van der Waals surface area contributed by atoms with Crippen molar-refractivity contribution in [2.75, 3.05) is 26.8 Å². The monoisotopic (exact) mass is 287 g/mol. The van der Waals surface area contributed by atoms with E-state index in [0.717, 1.165) is 0 Å². The van der Waals surface area contributed by atoms with Crippen LogP contribution in [0.5, 0.6) is 0 Å². The van der Waals surface area contributed by atoms with Gasteiger partial charge in [0.2, 0.25) is 10.0 Å². The van der Waals surface area contributed by atoms with E-state index in [1.54, 1.807) is 19.1 Å². The quantitative estimate of drug-likeness (QED) is 0.770. The van der Waals surface area contributed by atoms with Crippen LogP contribution in [0.25, 0.3) is 0 Å². The van der Waals surface area contributed by atoms with Gasteiger partial charge >= 0.3 is 0 Å². The van der Waals surface area contributed by atoms with Crippen molar-refractivity contribution in [2.45, 2.75) is 24.8 Å². The fourth-order valence-electron chi connectivity index (χ4n) is 1.56. The first-order valence-electron chi connectivity index (χ1n) is 6.21. The Morgan fingerprint density at radius 1 is 1.32 bits per heavy atom. The van der Waals surface area contributed by atoms with E-state index in [1.165, 1.54) is 23.5 Å². The van der Waals surface area contributed by atoms with E-state index in [0.29, 0.717) is 25.3 Å². The molecule has 1 rings (SSSR count). The van der Waals surface area contributed by atoms with E-state index < -0.39 is 16.1 Å². The molecule has 1 aromatic rings. The lowest BCUT2D eigenvalue weighted by atomic mass is 10.1. The van der Waals surface area contributed by atoms with Crippen LogP contribution in [-0.4, -0.2) is 44.6 Å². The maximum atomic E-state index is 12.2. The zero-order valence-electron chi connectivity index (χ0n) is 11.5. The summed E-state index contributed by atoms with van der Waals surface area (Å²) in [5, 5.41) is 9.39. The lowest BCUT2D eigenvalue weighted by Gasteiger charge is -2.17. The minimum atomic E-state index is -3.49. The van der Waals surface area contributed by atoms with Crippen LogP contribution >= 0.6 is 0 Å². The maximum Gasteiger partial charge on any atom is 0.242 e. The molecule has 1 aromatic carbocycles. The number of ether oxygens (including phenoxy) is 1. The molecular weight excluding hydrogens is 266 g/mol. The zero-order chi connectivity index (χ0) is 14.5. The number of aliphatic hydroxyl groups is 1. The van der Waals surface area contributed by atoms with Gasteiger partial charge in [-0.1, -0.05) is 12.1 Å². The topological polar surface area (TPSA) is 66.8 Å². The molecule has 1 atom stereocenters. The first-order valence-corrected chi connectivity index (χ1v) is 7.65. The number of rotatable bonds is 7. The van der Waals surface area contributed by atoms with Gasteiger partial charge in [0.1, 0.15) is 0 Å². The highest BCUT2D eigenvalue weighted by atomic mass is 32.2.